The average molecular weight is 337 g/mol. The van der Waals surface area contributed by atoms with Crippen molar-refractivity contribution in [1.29, 1.82) is 0 Å². The largest absolute Gasteiger partial charge is 0.466 e. The van der Waals surface area contributed by atoms with Crippen molar-refractivity contribution >= 4 is 17.8 Å². The molecule has 25 heavy (non-hydrogen) atoms. The number of aryl methyl sites for hydroxylation is 2. The maximum absolute atomic E-state index is 12.1. The van der Waals surface area contributed by atoms with Gasteiger partial charge in [0.15, 0.2) is 0 Å². The zero-order chi connectivity index (χ0) is 18.2. The third-order valence-corrected chi connectivity index (χ3v) is 4.70. The third kappa shape index (κ3) is 2.97. The number of hydrogen-bond acceptors (Lipinski definition) is 4. The molecule has 2 aromatic rings. The van der Waals surface area contributed by atoms with Gasteiger partial charge in [-0.3, -0.25) is 4.79 Å². The number of allylic oxidation sites excluding steroid dienone is 2. The van der Waals surface area contributed by atoms with Crippen molar-refractivity contribution in [1.82, 2.24) is 5.43 Å². The molecular formula is C20H23N3O2. The highest BCUT2D eigenvalue weighted by atomic mass is 16.3. The van der Waals surface area contributed by atoms with Crippen LogP contribution in [-0.2, 0) is 5.41 Å². The Morgan fingerprint density at radius 1 is 1.28 bits per heavy atom. The van der Waals surface area contributed by atoms with Crippen molar-refractivity contribution in [3.63, 3.8) is 0 Å². The van der Waals surface area contributed by atoms with Crippen LogP contribution in [0, 0.1) is 13.8 Å². The van der Waals surface area contributed by atoms with E-state index in [1.807, 2.05) is 26.1 Å². The molecule has 0 unspecified atom stereocenters. The normalized spacial score (nSPS) is 17.3. The molecule has 0 fully saturated rings. The van der Waals surface area contributed by atoms with Crippen molar-refractivity contribution in [2.24, 2.45) is 5.10 Å². The first-order valence-corrected chi connectivity index (χ1v) is 8.27. The Morgan fingerprint density at radius 2 is 2.00 bits per heavy atom. The van der Waals surface area contributed by atoms with Gasteiger partial charge in [-0.05, 0) is 37.6 Å². The van der Waals surface area contributed by atoms with E-state index in [2.05, 4.69) is 47.5 Å². The van der Waals surface area contributed by atoms with E-state index in [0.717, 1.165) is 5.70 Å². The van der Waals surface area contributed by atoms with Crippen LogP contribution in [0.3, 0.4) is 0 Å². The van der Waals surface area contributed by atoms with Gasteiger partial charge in [-0.15, -0.1) is 0 Å². The molecule has 1 aromatic heterocycles. The van der Waals surface area contributed by atoms with Crippen molar-refractivity contribution in [3.05, 3.63) is 64.8 Å². The van der Waals surface area contributed by atoms with E-state index >= 15 is 0 Å². The summed E-state index contributed by atoms with van der Waals surface area (Å²) in [5.74, 6) is 1.03. The SMILES string of the molecule is Cc1cc(C(=O)N/N=C\C=C2/N(C)c3ccccc3C2(C)C)c(C)o1. The highest BCUT2D eigenvalue weighted by molar-refractivity contribution is 5.95. The fraction of sp³-hybridized carbons (Fsp3) is 0.300. The van der Waals surface area contributed by atoms with Crippen molar-refractivity contribution in [2.75, 3.05) is 11.9 Å². The lowest BCUT2D eigenvalue weighted by Crippen LogP contribution is -2.23. The molecule has 0 radical (unpaired) electrons. The number of carbonyl (C=O) groups is 1. The summed E-state index contributed by atoms with van der Waals surface area (Å²) >= 11 is 0. The fourth-order valence-electron chi connectivity index (χ4n) is 3.42. The van der Waals surface area contributed by atoms with Crippen molar-refractivity contribution in [2.45, 2.75) is 33.1 Å². The van der Waals surface area contributed by atoms with Crippen LogP contribution in [0.4, 0.5) is 5.69 Å². The molecule has 2 heterocycles. The summed E-state index contributed by atoms with van der Waals surface area (Å²) in [6.07, 6.45) is 3.56. The number of benzene rings is 1. The summed E-state index contributed by atoms with van der Waals surface area (Å²) in [6.45, 7) is 7.95. The second-order valence-corrected chi connectivity index (χ2v) is 6.80. The standard InChI is InChI=1S/C20H23N3O2/c1-13-12-15(14(2)25-13)19(24)22-21-11-10-18-20(3,4)16-8-6-7-9-17(16)23(18)5/h6-12H,1-5H3,(H,22,24)/b18-10-,21-11-. The first kappa shape index (κ1) is 17.0. The topological polar surface area (TPSA) is 57.8 Å². The Kier molecular flexibility index (Phi) is 4.25. The zero-order valence-corrected chi connectivity index (χ0v) is 15.3. The van der Waals surface area contributed by atoms with Gasteiger partial charge in [0.05, 0.1) is 5.56 Å². The minimum absolute atomic E-state index is 0.111. The van der Waals surface area contributed by atoms with Crippen LogP contribution in [0.5, 0.6) is 0 Å². The maximum atomic E-state index is 12.1. The molecule has 0 saturated heterocycles. The summed E-state index contributed by atoms with van der Waals surface area (Å²) in [4.78, 5) is 14.3. The Labute approximate surface area is 148 Å². The molecule has 1 aliphatic heterocycles. The van der Waals surface area contributed by atoms with Crippen LogP contribution < -0.4 is 10.3 Å². The van der Waals surface area contributed by atoms with Crippen LogP contribution in [0.1, 0.15) is 41.3 Å². The zero-order valence-electron chi connectivity index (χ0n) is 15.3. The highest BCUT2D eigenvalue weighted by Crippen LogP contribution is 2.46. The molecule has 3 rings (SSSR count). The van der Waals surface area contributed by atoms with Gasteiger partial charge in [0.1, 0.15) is 11.5 Å². The monoisotopic (exact) mass is 337 g/mol. The number of nitrogens with one attached hydrogen (secondary N) is 1. The molecular weight excluding hydrogens is 314 g/mol. The Hall–Kier alpha value is -2.82. The molecule has 5 nitrogen and oxygen atoms in total. The number of nitrogens with zero attached hydrogens (tertiary/aromatic N) is 2. The number of amides is 1. The van der Waals surface area contributed by atoms with Gasteiger partial charge in [0.25, 0.3) is 5.91 Å². The summed E-state index contributed by atoms with van der Waals surface area (Å²) in [5.41, 5.74) is 6.55. The van der Waals surface area contributed by atoms with E-state index in [4.69, 9.17) is 4.42 Å². The van der Waals surface area contributed by atoms with Gasteiger partial charge >= 0.3 is 0 Å². The van der Waals surface area contributed by atoms with E-state index in [1.165, 1.54) is 11.3 Å². The van der Waals surface area contributed by atoms with Crippen LogP contribution in [-0.4, -0.2) is 19.2 Å². The van der Waals surface area contributed by atoms with E-state index in [-0.39, 0.29) is 11.3 Å². The second kappa shape index (κ2) is 6.24. The fourth-order valence-corrected chi connectivity index (χ4v) is 3.42. The molecule has 1 aromatic carbocycles. The lowest BCUT2D eigenvalue weighted by molar-refractivity contribution is 0.0953. The lowest BCUT2D eigenvalue weighted by atomic mass is 9.84. The van der Waals surface area contributed by atoms with Crippen molar-refractivity contribution in [3.8, 4) is 0 Å². The first-order chi connectivity index (χ1) is 11.8. The van der Waals surface area contributed by atoms with E-state index in [0.29, 0.717) is 17.1 Å². The predicted molar refractivity (Wildman–Crippen MR) is 100 cm³/mol. The maximum Gasteiger partial charge on any atom is 0.274 e. The molecule has 5 heteroatoms. The number of anilines is 1. The van der Waals surface area contributed by atoms with E-state index in [9.17, 15) is 4.79 Å². The summed E-state index contributed by atoms with van der Waals surface area (Å²) in [6, 6.07) is 10.1. The number of para-hydroxylation sites is 1. The molecule has 0 atom stereocenters. The Bertz CT molecular complexity index is 875. The number of hydrogen-bond donors (Lipinski definition) is 1. The average Bonchev–Trinajstić information content (AvgIpc) is 3.00. The smallest absolute Gasteiger partial charge is 0.274 e. The molecule has 0 saturated carbocycles. The molecule has 0 aliphatic carbocycles. The third-order valence-electron chi connectivity index (χ3n) is 4.70. The molecule has 0 bridgehead atoms. The number of rotatable bonds is 3. The summed E-state index contributed by atoms with van der Waals surface area (Å²) in [5, 5.41) is 4.06. The highest BCUT2D eigenvalue weighted by Gasteiger charge is 2.37. The van der Waals surface area contributed by atoms with E-state index in [1.54, 1.807) is 19.2 Å². The first-order valence-electron chi connectivity index (χ1n) is 8.27. The lowest BCUT2D eigenvalue weighted by Gasteiger charge is -2.23. The van der Waals surface area contributed by atoms with Crippen LogP contribution in [0.15, 0.2) is 51.6 Å². The van der Waals surface area contributed by atoms with Gasteiger partial charge in [-0.1, -0.05) is 32.0 Å². The Morgan fingerprint density at radius 3 is 2.64 bits per heavy atom. The van der Waals surface area contributed by atoms with E-state index < -0.39 is 0 Å². The van der Waals surface area contributed by atoms with Crippen LogP contribution in [0.25, 0.3) is 0 Å². The van der Waals surface area contributed by atoms with Gasteiger partial charge in [-0.2, -0.15) is 5.10 Å². The molecule has 1 N–H and O–H groups in total. The minimum atomic E-state index is -0.272. The summed E-state index contributed by atoms with van der Waals surface area (Å²) in [7, 11) is 2.05. The quantitative estimate of drug-likeness (QED) is 0.682. The Balaban J connectivity index is 1.75. The predicted octanol–water partition coefficient (Wildman–Crippen LogP) is 3.92. The molecule has 1 aliphatic rings. The van der Waals surface area contributed by atoms with Crippen molar-refractivity contribution < 1.29 is 9.21 Å². The number of hydrazone groups is 1. The van der Waals surface area contributed by atoms with Gasteiger partial charge in [0.2, 0.25) is 0 Å². The molecule has 0 spiro atoms. The van der Waals surface area contributed by atoms with Crippen LogP contribution >= 0.6 is 0 Å². The van der Waals surface area contributed by atoms with Gasteiger partial charge < -0.3 is 9.32 Å². The van der Waals surface area contributed by atoms with Gasteiger partial charge in [0, 0.05) is 30.1 Å². The number of furan rings is 1. The molecule has 130 valence electrons. The second-order valence-electron chi connectivity index (χ2n) is 6.80. The molecule has 1 amide bonds. The number of carbonyl (C=O) groups excluding carboxylic acids is 1. The number of likely N-dealkylation sites (N-methyl/N-ethyl adjacent to an activating group) is 1. The number of fused-ring (bicyclic) bond motifs is 1. The van der Waals surface area contributed by atoms with Gasteiger partial charge in [-0.25, -0.2) is 5.43 Å². The minimum Gasteiger partial charge on any atom is -0.466 e. The van der Waals surface area contributed by atoms with Crippen LogP contribution in [0.2, 0.25) is 0 Å². The summed E-state index contributed by atoms with van der Waals surface area (Å²) < 4.78 is 5.37.